The highest BCUT2D eigenvalue weighted by Gasteiger charge is 1.96. The zero-order chi connectivity index (χ0) is 19.1. The maximum Gasteiger partial charge on any atom is 0.421 e. The van der Waals surface area contributed by atoms with Crippen molar-refractivity contribution in [1.29, 1.82) is 0 Å². The number of allylic oxidation sites excluding steroid dienone is 7. The highest BCUT2D eigenvalue weighted by atomic mass is 16.5. The van der Waals surface area contributed by atoms with Crippen molar-refractivity contribution in [2.45, 2.75) is 73.1 Å². The van der Waals surface area contributed by atoms with Gasteiger partial charge in [-0.25, -0.2) is 10.6 Å². The monoisotopic (exact) mass is 348 g/mol. The highest BCUT2D eigenvalue weighted by Crippen LogP contribution is 2.13. The molecule has 4 nitrogen and oxygen atoms in total. The van der Waals surface area contributed by atoms with E-state index in [-0.39, 0.29) is 6.61 Å². The van der Waals surface area contributed by atoms with Crippen LogP contribution in [0.15, 0.2) is 46.6 Å². The second-order valence-electron chi connectivity index (χ2n) is 6.79. The summed E-state index contributed by atoms with van der Waals surface area (Å²) in [5.41, 5.74) is 7.45. The fourth-order valence-electron chi connectivity index (χ4n) is 2.29. The average molecular weight is 349 g/mol. The van der Waals surface area contributed by atoms with Gasteiger partial charge in [-0.3, -0.25) is 5.43 Å². The molecule has 142 valence electrons. The van der Waals surface area contributed by atoms with Crippen molar-refractivity contribution in [3.05, 3.63) is 46.6 Å². The molecule has 0 spiro atoms. The number of carbonyl (C=O) groups is 1. The Morgan fingerprint density at radius 1 is 0.800 bits per heavy atom. The van der Waals surface area contributed by atoms with Crippen molar-refractivity contribution in [3.8, 4) is 0 Å². The van der Waals surface area contributed by atoms with Crippen LogP contribution in [0, 0.1) is 0 Å². The highest BCUT2D eigenvalue weighted by molar-refractivity contribution is 5.66. The third-order valence-electron chi connectivity index (χ3n) is 3.92. The molecule has 25 heavy (non-hydrogen) atoms. The number of hydrogen-bond acceptors (Lipinski definition) is 3. The standard InChI is InChI=1S/C21H36N2O2/c1-17(2)9-6-10-18(3)11-7-12-19(4)13-8-14-20(5)15-16-25-21(24)23-22/h9,11,13,15H,6-8,10,12,14,16,22H2,1-5H3,(H,23,24)/b18-11+,19-13+,20-15+. The maximum absolute atomic E-state index is 10.8. The first-order chi connectivity index (χ1) is 11.8. The number of ether oxygens (including phenoxy) is 1. The molecule has 0 aromatic carbocycles. The van der Waals surface area contributed by atoms with Crippen LogP contribution in [-0.2, 0) is 4.74 Å². The van der Waals surface area contributed by atoms with Gasteiger partial charge in [0.2, 0.25) is 0 Å². The molecule has 0 rings (SSSR count). The van der Waals surface area contributed by atoms with Gasteiger partial charge in [-0.1, -0.05) is 40.5 Å². The van der Waals surface area contributed by atoms with E-state index in [1.54, 1.807) is 0 Å². The van der Waals surface area contributed by atoms with E-state index in [0.717, 1.165) is 38.5 Å². The molecule has 0 unspecified atom stereocenters. The normalized spacial score (nSPS) is 12.8. The lowest BCUT2D eigenvalue weighted by Crippen LogP contribution is -2.30. The molecule has 0 saturated heterocycles. The summed E-state index contributed by atoms with van der Waals surface area (Å²) in [4.78, 5) is 10.8. The number of rotatable bonds is 11. The Bertz CT molecular complexity index is 510. The van der Waals surface area contributed by atoms with Crippen molar-refractivity contribution in [1.82, 2.24) is 5.43 Å². The molecule has 0 aromatic heterocycles. The van der Waals surface area contributed by atoms with Crippen LogP contribution < -0.4 is 11.3 Å². The summed E-state index contributed by atoms with van der Waals surface area (Å²) in [6, 6.07) is 0. The number of hydrogen-bond donors (Lipinski definition) is 2. The summed E-state index contributed by atoms with van der Waals surface area (Å²) in [6.45, 7) is 11.0. The van der Waals surface area contributed by atoms with E-state index in [1.165, 1.54) is 22.3 Å². The minimum atomic E-state index is -0.607. The number of nitrogens with one attached hydrogen (secondary N) is 1. The van der Waals surface area contributed by atoms with E-state index in [9.17, 15) is 4.79 Å². The Kier molecular flexibility index (Phi) is 13.5. The molecule has 0 aromatic rings. The fourth-order valence-corrected chi connectivity index (χ4v) is 2.29. The zero-order valence-corrected chi connectivity index (χ0v) is 16.7. The van der Waals surface area contributed by atoms with Gasteiger partial charge in [-0.2, -0.15) is 0 Å². The second-order valence-corrected chi connectivity index (χ2v) is 6.79. The Balaban J connectivity index is 3.99. The molecule has 0 bridgehead atoms. The van der Waals surface area contributed by atoms with Crippen LogP contribution >= 0.6 is 0 Å². The van der Waals surface area contributed by atoms with Crippen LogP contribution in [0.5, 0.6) is 0 Å². The summed E-state index contributed by atoms with van der Waals surface area (Å²) in [5, 5.41) is 0. The Labute approximate surface area is 153 Å². The first kappa shape index (κ1) is 23.2. The summed E-state index contributed by atoms with van der Waals surface area (Å²) in [7, 11) is 0. The SMILES string of the molecule is CC(C)=CCC/C(C)=C/CC/C(C)=C/CC/C(C)=C/COC(=O)NN. The number of amides is 1. The van der Waals surface area contributed by atoms with Crippen LogP contribution in [0.2, 0.25) is 0 Å². The van der Waals surface area contributed by atoms with Gasteiger partial charge in [0, 0.05) is 0 Å². The minimum Gasteiger partial charge on any atom is -0.444 e. The second kappa shape index (κ2) is 14.5. The van der Waals surface area contributed by atoms with Gasteiger partial charge in [0.05, 0.1) is 0 Å². The van der Waals surface area contributed by atoms with E-state index >= 15 is 0 Å². The smallest absolute Gasteiger partial charge is 0.421 e. The van der Waals surface area contributed by atoms with Gasteiger partial charge in [0.15, 0.2) is 0 Å². The summed E-state index contributed by atoms with van der Waals surface area (Å²) >= 11 is 0. The molecule has 4 heteroatoms. The van der Waals surface area contributed by atoms with Crippen LogP contribution in [0.4, 0.5) is 4.79 Å². The summed E-state index contributed by atoms with van der Waals surface area (Å²) < 4.78 is 4.83. The molecular weight excluding hydrogens is 312 g/mol. The van der Waals surface area contributed by atoms with Crippen LogP contribution in [0.25, 0.3) is 0 Å². The molecule has 0 atom stereocenters. The van der Waals surface area contributed by atoms with E-state index in [0.29, 0.717) is 0 Å². The molecular formula is C21H36N2O2. The minimum absolute atomic E-state index is 0.258. The van der Waals surface area contributed by atoms with Gasteiger partial charge >= 0.3 is 6.09 Å². The quantitative estimate of drug-likeness (QED) is 0.217. The lowest BCUT2D eigenvalue weighted by Gasteiger charge is -2.03. The molecule has 0 saturated carbocycles. The lowest BCUT2D eigenvalue weighted by molar-refractivity contribution is 0.158. The first-order valence-electron chi connectivity index (χ1n) is 9.08. The molecule has 0 aliphatic carbocycles. The lowest BCUT2D eigenvalue weighted by atomic mass is 10.0. The Hall–Kier alpha value is -1.81. The van der Waals surface area contributed by atoms with Crippen LogP contribution in [0.3, 0.4) is 0 Å². The third-order valence-corrected chi connectivity index (χ3v) is 3.92. The number of nitrogens with two attached hydrogens (primary N) is 1. The van der Waals surface area contributed by atoms with Gasteiger partial charge in [0.25, 0.3) is 0 Å². The first-order valence-corrected chi connectivity index (χ1v) is 9.08. The zero-order valence-electron chi connectivity index (χ0n) is 16.7. The molecule has 0 aliphatic heterocycles. The van der Waals surface area contributed by atoms with Gasteiger partial charge < -0.3 is 4.74 Å². The van der Waals surface area contributed by atoms with Crippen molar-refractivity contribution in [2.75, 3.05) is 6.61 Å². The molecule has 0 fully saturated rings. The topological polar surface area (TPSA) is 64.3 Å². The van der Waals surface area contributed by atoms with Crippen molar-refractivity contribution >= 4 is 6.09 Å². The molecule has 3 N–H and O–H groups in total. The van der Waals surface area contributed by atoms with E-state index in [2.05, 4.69) is 45.9 Å². The Morgan fingerprint density at radius 3 is 1.68 bits per heavy atom. The average Bonchev–Trinajstić information content (AvgIpc) is 2.54. The predicted octanol–water partition coefficient (Wildman–Crippen LogP) is 5.73. The van der Waals surface area contributed by atoms with Crippen molar-refractivity contribution in [3.63, 3.8) is 0 Å². The van der Waals surface area contributed by atoms with Crippen LogP contribution in [0.1, 0.15) is 73.1 Å². The van der Waals surface area contributed by atoms with Crippen LogP contribution in [-0.4, -0.2) is 12.7 Å². The Morgan fingerprint density at radius 2 is 1.24 bits per heavy atom. The predicted molar refractivity (Wildman–Crippen MR) is 107 cm³/mol. The van der Waals surface area contributed by atoms with Gasteiger partial charge in [-0.15, -0.1) is 0 Å². The molecule has 0 heterocycles. The molecule has 0 aliphatic rings. The number of hydrazine groups is 1. The van der Waals surface area contributed by atoms with Gasteiger partial charge in [0.1, 0.15) is 6.61 Å². The van der Waals surface area contributed by atoms with E-state index in [1.807, 2.05) is 18.4 Å². The summed E-state index contributed by atoms with van der Waals surface area (Å²) in [5.74, 6) is 4.94. The van der Waals surface area contributed by atoms with Crippen molar-refractivity contribution < 1.29 is 9.53 Å². The largest absolute Gasteiger partial charge is 0.444 e. The number of carbonyl (C=O) groups excluding carboxylic acids is 1. The van der Waals surface area contributed by atoms with E-state index in [4.69, 9.17) is 10.6 Å². The van der Waals surface area contributed by atoms with Gasteiger partial charge in [-0.05, 0) is 79.2 Å². The van der Waals surface area contributed by atoms with Crippen molar-refractivity contribution in [2.24, 2.45) is 5.84 Å². The third kappa shape index (κ3) is 15.5. The summed E-state index contributed by atoms with van der Waals surface area (Å²) in [6.07, 6.45) is 14.8. The van der Waals surface area contributed by atoms with E-state index < -0.39 is 6.09 Å². The maximum atomic E-state index is 10.8. The fraction of sp³-hybridized carbons (Fsp3) is 0.571. The molecule has 0 radical (unpaired) electrons. The molecule has 1 amide bonds.